The van der Waals surface area contributed by atoms with Gasteiger partial charge in [0.1, 0.15) is 0 Å². The molecular formula is C10H8BrCl2NS2. The first-order valence-corrected chi connectivity index (χ1v) is 7.73. The highest BCUT2D eigenvalue weighted by Crippen LogP contribution is 2.40. The molecule has 2 heterocycles. The standard InChI is InChI=1S/C10H8BrCl2NS2/c1-14-8(9-5(12)2-3-15-9)7-4-6(13)10(11)16-7/h2-4,8,14H,1H3. The van der Waals surface area contributed by atoms with E-state index in [1.807, 2.05) is 24.6 Å². The van der Waals surface area contributed by atoms with Crippen LogP contribution in [0.25, 0.3) is 0 Å². The highest BCUT2D eigenvalue weighted by atomic mass is 79.9. The van der Waals surface area contributed by atoms with Gasteiger partial charge in [0.15, 0.2) is 0 Å². The van der Waals surface area contributed by atoms with E-state index in [-0.39, 0.29) is 6.04 Å². The summed E-state index contributed by atoms with van der Waals surface area (Å²) in [6.07, 6.45) is 0. The normalized spacial score (nSPS) is 13.0. The molecule has 1 nitrogen and oxygen atoms in total. The molecule has 0 aromatic carbocycles. The molecular weight excluding hydrogens is 349 g/mol. The zero-order valence-corrected chi connectivity index (χ0v) is 13.0. The van der Waals surface area contributed by atoms with E-state index < -0.39 is 0 Å². The summed E-state index contributed by atoms with van der Waals surface area (Å²) in [4.78, 5) is 2.28. The quantitative estimate of drug-likeness (QED) is 0.798. The number of hydrogen-bond donors (Lipinski definition) is 1. The Morgan fingerprint density at radius 2 is 2.12 bits per heavy atom. The molecule has 0 radical (unpaired) electrons. The maximum atomic E-state index is 6.14. The van der Waals surface area contributed by atoms with Gasteiger partial charge in [0.2, 0.25) is 0 Å². The highest BCUT2D eigenvalue weighted by Gasteiger charge is 2.19. The fraction of sp³-hybridized carbons (Fsp3) is 0.200. The van der Waals surface area contributed by atoms with Gasteiger partial charge < -0.3 is 5.32 Å². The molecule has 16 heavy (non-hydrogen) atoms. The lowest BCUT2D eigenvalue weighted by molar-refractivity contribution is 0.716. The van der Waals surface area contributed by atoms with Gasteiger partial charge in [-0.3, -0.25) is 0 Å². The summed E-state index contributed by atoms with van der Waals surface area (Å²) in [6.45, 7) is 0. The van der Waals surface area contributed by atoms with E-state index in [0.717, 1.165) is 23.6 Å². The summed E-state index contributed by atoms with van der Waals surface area (Å²) in [5.74, 6) is 0. The predicted octanol–water partition coefficient (Wildman–Crippen LogP) is 5.19. The molecule has 0 bridgehead atoms. The van der Waals surface area contributed by atoms with Crippen molar-refractivity contribution < 1.29 is 0 Å². The van der Waals surface area contributed by atoms with E-state index in [4.69, 9.17) is 23.2 Å². The van der Waals surface area contributed by atoms with Crippen LogP contribution < -0.4 is 5.32 Å². The second-order valence-electron chi connectivity index (χ2n) is 3.12. The summed E-state index contributed by atoms with van der Waals surface area (Å²) in [5, 5.41) is 6.79. The lowest BCUT2D eigenvalue weighted by Gasteiger charge is -2.12. The third kappa shape index (κ3) is 2.47. The van der Waals surface area contributed by atoms with E-state index >= 15 is 0 Å². The van der Waals surface area contributed by atoms with Crippen molar-refractivity contribution in [2.75, 3.05) is 7.05 Å². The Bertz CT molecular complexity index is 475. The summed E-state index contributed by atoms with van der Waals surface area (Å²) in [6, 6.07) is 3.99. The Kier molecular flexibility index (Phi) is 4.32. The molecule has 6 heteroatoms. The van der Waals surface area contributed by atoms with Crippen LogP contribution in [-0.4, -0.2) is 7.05 Å². The van der Waals surface area contributed by atoms with Crippen molar-refractivity contribution in [2.45, 2.75) is 6.04 Å². The first-order chi connectivity index (χ1) is 7.63. The summed E-state index contributed by atoms with van der Waals surface area (Å²) in [7, 11) is 1.92. The van der Waals surface area contributed by atoms with E-state index in [1.54, 1.807) is 22.7 Å². The minimum Gasteiger partial charge on any atom is -0.308 e. The van der Waals surface area contributed by atoms with Crippen molar-refractivity contribution in [1.82, 2.24) is 5.32 Å². The Labute approximate surface area is 121 Å². The van der Waals surface area contributed by atoms with Crippen LogP contribution in [0.2, 0.25) is 10.0 Å². The van der Waals surface area contributed by atoms with Crippen LogP contribution >= 0.6 is 61.8 Å². The summed E-state index contributed by atoms with van der Waals surface area (Å²) < 4.78 is 0.956. The number of halogens is 3. The molecule has 0 aliphatic carbocycles. The molecule has 1 atom stereocenters. The van der Waals surface area contributed by atoms with Crippen molar-refractivity contribution in [1.29, 1.82) is 0 Å². The second kappa shape index (κ2) is 5.38. The topological polar surface area (TPSA) is 12.0 Å². The van der Waals surface area contributed by atoms with E-state index in [0.29, 0.717) is 0 Å². The summed E-state index contributed by atoms with van der Waals surface area (Å²) >= 11 is 18.9. The Hall–Kier alpha value is 0.420. The number of nitrogens with one attached hydrogen (secondary N) is 1. The molecule has 2 aromatic heterocycles. The fourth-order valence-electron chi connectivity index (χ4n) is 1.42. The van der Waals surface area contributed by atoms with Crippen LogP contribution in [0, 0.1) is 0 Å². The first kappa shape index (κ1) is 12.9. The van der Waals surface area contributed by atoms with Gasteiger partial charge in [-0.1, -0.05) is 23.2 Å². The molecule has 86 valence electrons. The van der Waals surface area contributed by atoms with Crippen molar-refractivity contribution in [2.24, 2.45) is 0 Å². The molecule has 0 saturated heterocycles. The van der Waals surface area contributed by atoms with Crippen LogP contribution in [0.1, 0.15) is 15.8 Å². The zero-order valence-electron chi connectivity index (χ0n) is 8.26. The average molecular weight is 357 g/mol. The number of rotatable bonds is 3. The Morgan fingerprint density at radius 1 is 1.38 bits per heavy atom. The smallest absolute Gasteiger partial charge is 0.0888 e. The van der Waals surface area contributed by atoms with Gasteiger partial charge in [-0.2, -0.15) is 0 Å². The van der Waals surface area contributed by atoms with Crippen molar-refractivity contribution in [3.05, 3.63) is 41.1 Å². The molecule has 0 amide bonds. The SMILES string of the molecule is CNC(c1cc(Cl)c(Br)s1)c1sccc1Cl. The van der Waals surface area contributed by atoms with Gasteiger partial charge in [-0.25, -0.2) is 0 Å². The van der Waals surface area contributed by atoms with E-state index in [2.05, 4.69) is 21.2 Å². The number of thiophene rings is 2. The van der Waals surface area contributed by atoms with Crippen LogP contribution in [0.4, 0.5) is 0 Å². The minimum absolute atomic E-state index is 0.112. The van der Waals surface area contributed by atoms with Gasteiger partial charge in [0.25, 0.3) is 0 Å². The lowest BCUT2D eigenvalue weighted by atomic mass is 10.2. The molecule has 2 aromatic rings. The van der Waals surface area contributed by atoms with Crippen LogP contribution in [0.5, 0.6) is 0 Å². The molecule has 2 rings (SSSR count). The van der Waals surface area contributed by atoms with Gasteiger partial charge in [0, 0.05) is 9.75 Å². The first-order valence-electron chi connectivity index (χ1n) is 4.48. The van der Waals surface area contributed by atoms with E-state index in [9.17, 15) is 0 Å². The molecule has 1 unspecified atom stereocenters. The average Bonchev–Trinajstić information content (AvgIpc) is 2.78. The third-order valence-corrected chi connectivity index (χ3v) is 6.11. The van der Waals surface area contributed by atoms with Crippen molar-refractivity contribution in [3.63, 3.8) is 0 Å². The van der Waals surface area contributed by atoms with Gasteiger partial charge in [-0.05, 0) is 40.5 Å². The van der Waals surface area contributed by atoms with Crippen LogP contribution in [-0.2, 0) is 0 Å². The van der Waals surface area contributed by atoms with Crippen molar-refractivity contribution in [3.8, 4) is 0 Å². The van der Waals surface area contributed by atoms with Gasteiger partial charge in [-0.15, -0.1) is 22.7 Å². The highest BCUT2D eigenvalue weighted by molar-refractivity contribution is 9.11. The Morgan fingerprint density at radius 3 is 2.56 bits per heavy atom. The molecule has 0 spiro atoms. The Balaban J connectivity index is 2.40. The predicted molar refractivity (Wildman–Crippen MR) is 77.3 cm³/mol. The van der Waals surface area contributed by atoms with Crippen LogP contribution in [0.3, 0.4) is 0 Å². The maximum absolute atomic E-state index is 6.14. The summed E-state index contributed by atoms with van der Waals surface area (Å²) in [5.41, 5.74) is 0. The molecule has 0 aliphatic rings. The van der Waals surface area contributed by atoms with Gasteiger partial charge >= 0.3 is 0 Å². The molecule has 0 fully saturated rings. The van der Waals surface area contributed by atoms with Crippen LogP contribution in [0.15, 0.2) is 21.3 Å². The second-order valence-corrected chi connectivity index (χ2v) is 7.29. The van der Waals surface area contributed by atoms with E-state index in [1.165, 1.54) is 0 Å². The minimum atomic E-state index is 0.112. The molecule has 0 saturated carbocycles. The van der Waals surface area contributed by atoms with Gasteiger partial charge in [0.05, 0.1) is 19.9 Å². The zero-order chi connectivity index (χ0) is 11.7. The molecule has 0 aliphatic heterocycles. The largest absolute Gasteiger partial charge is 0.308 e. The molecule has 1 N–H and O–H groups in total. The number of hydrogen-bond acceptors (Lipinski definition) is 3. The lowest BCUT2D eigenvalue weighted by Crippen LogP contribution is -2.15. The van der Waals surface area contributed by atoms with Crippen molar-refractivity contribution >= 4 is 61.8 Å². The third-order valence-electron chi connectivity index (χ3n) is 2.14. The monoisotopic (exact) mass is 355 g/mol. The maximum Gasteiger partial charge on any atom is 0.0888 e. The fourth-order valence-corrected chi connectivity index (χ4v) is 4.65.